The molecule has 0 radical (unpaired) electrons. The van der Waals surface area contributed by atoms with E-state index in [2.05, 4.69) is 45.2 Å². The van der Waals surface area contributed by atoms with Gasteiger partial charge in [-0.1, -0.05) is 32.9 Å². The molecule has 4 nitrogen and oxygen atoms in total. The number of anilines is 1. The molecule has 4 rings (SSSR count). The van der Waals surface area contributed by atoms with Gasteiger partial charge in [-0.15, -0.1) is 0 Å². The van der Waals surface area contributed by atoms with E-state index >= 15 is 0 Å². The van der Waals surface area contributed by atoms with Crippen LogP contribution in [0.4, 0.5) is 5.69 Å². The monoisotopic (exact) mass is 333 g/mol. The number of benzene rings is 1. The van der Waals surface area contributed by atoms with Crippen LogP contribution in [0.15, 0.2) is 48.8 Å². The lowest BCUT2D eigenvalue weighted by molar-refractivity contribution is -0.120. The van der Waals surface area contributed by atoms with Gasteiger partial charge in [0, 0.05) is 36.6 Å². The van der Waals surface area contributed by atoms with Gasteiger partial charge in [0.25, 0.3) is 0 Å². The van der Waals surface area contributed by atoms with Crippen molar-refractivity contribution in [2.75, 3.05) is 11.4 Å². The number of amides is 1. The molecule has 0 N–H and O–H groups in total. The van der Waals surface area contributed by atoms with Crippen LogP contribution >= 0.6 is 0 Å². The second-order valence-corrected chi connectivity index (χ2v) is 7.97. The van der Waals surface area contributed by atoms with Crippen molar-refractivity contribution in [1.29, 1.82) is 0 Å². The quantitative estimate of drug-likeness (QED) is 0.700. The molecule has 3 heterocycles. The summed E-state index contributed by atoms with van der Waals surface area (Å²) >= 11 is 0. The van der Waals surface area contributed by atoms with Crippen molar-refractivity contribution in [3.05, 3.63) is 54.4 Å². The number of carbonyl (C=O) groups is 1. The van der Waals surface area contributed by atoms with Crippen molar-refractivity contribution in [1.82, 2.24) is 9.38 Å². The third kappa shape index (κ3) is 3.04. The number of pyridine rings is 1. The molecular weight excluding hydrogens is 310 g/mol. The van der Waals surface area contributed by atoms with Gasteiger partial charge in [-0.25, -0.2) is 4.98 Å². The molecule has 0 aliphatic carbocycles. The zero-order chi connectivity index (χ0) is 17.6. The van der Waals surface area contributed by atoms with Gasteiger partial charge in [0.15, 0.2) is 0 Å². The molecule has 4 heteroatoms. The minimum atomic E-state index is 0.0102. The summed E-state index contributed by atoms with van der Waals surface area (Å²) in [6.45, 7) is 7.09. The molecule has 3 aromatic rings. The number of carbonyl (C=O) groups excluding carboxylic acids is 1. The Bertz CT molecular complexity index is 916. The molecule has 2 aromatic heterocycles. The molecule has 1 aliphatic rings. The highest BCUT2D eigenvalue weighted by Crippen LogP contribution is 2.34. The van der Waals surface area contributed by atoms with Gasteiger partial charge in [-0.05, 0) is 41.7 Å². The normalized spacial score (nSPS) is 14.1. The smallest absolute Gasteiger partial charge is 0.227 e. The Morgan fingerprint density at radius 3 is 2.80 bits per heavy atom. The van der Waals surface area contributed by atoms with Crippen LogP contribution in [0.5, 0.6) is 0 Å². The second-order valence-electron chi connectivity index (χ2n) is 7.97. The van der Waals surface area contributed by atoms with Crippen LogP contribution in [0.2, 0.25) is 0 Å². The van der Waals surface area contributed by atoms with Crippen molar-refractivity contribution in [3.63, 3.8) is 0 Å². The van der Waals surface area contributed by atoms with Gasteiger partial charge >= 0.3 is 0 Å². The average Bonchev–Trinajstić information content (AvgIpc) is 3.16. The first-order valence-electron chi connectivity index (χ1n) is 8.78. The van der Waals surface area contributed by atoms with Crippen LogP contribution in [0.25, 0.3) is 16.9 Å². The molecule has 0 unspecified atom stereocenters. The molecule has 128 valence electrons. The lowest BCUT2D eigenvalue weighted by atomic mass is 9.91. The van der Waals surface area contributed by atoms with E-state index in [-0.39, 0.29) is 11.3 Å². The van der Waals surface area contributed by atoms with Crippen LogP contribution in [0, 0.1) is 5.41 Å². The first-order chi connectivity index (χ1) is 11.9. The number of hydrogen-bond acceptors (Lipinski definition) is 2. The number of hydrogen-bond donors (Lipinski definition) is 0. The Hall–Kier alpha value is -2.62. The van der Waals surface area contributed by atoms with Crippen LogP contribution < -0.4 is 4.90 Å². The van der Waals surface area contributed by atoms with Crippen molar-refractivity contribution in [3.8, 4) is 11.3 Å². The van der Waals surface area contributed by atoms with Gasteiger partial charge in [-0.2, -0.15) is 0 Å². The van der Waals surface area contributed by atoms with Crippen LogP contribution in [-0.4, -0.2) is 21.8 Å². The largest absolute Gasteiger partial charge is 0.312 e. The van der Waals surface area contributed by atoms with Crippen LogP contribution in [0.3, 0.4) is 0 Å². The van der Waals surface area contributed by atoms with Gasteiger partial charge < -0.3 is 9.30 Å². The van der Waals surface area contributed by atoms with Crippen LogP contribution in [-0.2, 0) is 11.2 Å². The highest BCUT2D eigenvalue weighted by molar-refractivity contribution is 5.96. The van der Waals surface area contributed by atoms with E-state index in [0.717, 1.165) is 35.6 Å². The highest BCUT2D eigenvalue weighted by Gasteiger charge is 2.27. The summed E-state index contributed by atoms with van der Waals surface area (Å²) < 4.78 is 2.03. The lowest BCUT2D eigenvalue weighted by Crippen LogP contribution is -2.31. The van der Waals surface area contributed by atoms with E-state index in [4.69, 9.17) is 4.98 Å². The minimum absolute atomic E-state index is 0.0102. The van der Waals surface area contributed by atoms with Crippen molar-refractivity contribution < 1.29 is 4.79 Å². The molecule has 0 fully saturated rings. The van der Waals surface area contributed by atoms with Gasteiger partial charge in [0.2, 0.25) is 5.91 Å². The molecule has 0 bridgehead atoms. The minimum Gasteiger partial charge on any atom is -0.312 e. The third-order valence-corrected chi connectivity index (χ3v) is 4.62. The molecule has 0 atom stereocenters. The molecule has 1 amide bonds. The first-order valence-corrected chi connectivity index (χ1v) is 8.78. The SMILES string of the molecule is CC(C)(C)CC(=O)N1CCc2cc(-c3cn4ccccc4n3)ccc21. The van der Waals surface area contributed by atoms with E-state index in [1.54, 1.807) is 0 Å². The maximum atomic E-state index is 12.6. The molecular formula is C21H23N3O. The molecule has 1 aliphatic heterocycles. The summed E-state index contributed by atoms with van der Waals surface area (Å²) in [5.41, 5.74) is 5.32. The predicted molar refractivity (Wildman–Crippen MR) is 101 cm³/mol. The predicted octanol–water partition coefficient (Wildman–Crippen LogP) is 4.33. The maximum Gasteiger partial charge on any atom is 0.227 e. The fraction of sp³-hybridized carbons (Fsp3) is 0.333. The Kier molecular flexibility index (Phi) is 3.64. The Morgan fingerprint density at radius 2 is 2.04 bits per heavy atom. The van der Waals surface area contributed by atoms with E-state index in [0.29, 0.717) is 6.42 Å². The van der Waals surface area contributed by atoms with E-state index in [1.807, 2.05) is 33.7 Å². The van der Waals surface area contributed by atoms with Crippen molar-refractivity contribution in [2.45, 2.75) is 33.6 Å². The summed E-state index contributed by atoms with van der Waals surface area (Å²) in [7, 11) is 0. The summed E-state index contributed by atoms with van der Waals surface area (Å²) in [5, 5.41) is 0. The van der Waals surface area contributed by atoms with E-state index in [1.165, 1.54) is 5.56 Å². The average molecular weight is 333 g/mol. The van der Waals surface area contributed by atoms with Gasteiger partial charge in [0.1, 0.15) is 5.65 Å². The molecule has 0 saturated heterocycles. The summed E-state index contributed by atoms with van der Waals surface area (Å²) in [6.07, 6.45) is 5.54. The number of imidazole rings is 1. The fourth-order valence-electron chi connectivity index (χ4n) is 3.44. The van der Waals surface area contributed by atoms with E-state index in [9.17, 15) is 4.79 Å². The first kappa shape index (κ1) is 15.9. The zero-order valence-electron chi connectivity index (χ0n) is 15.0. The van der Waals surface area contributed by atoms with Gasteiger partial charge in [0.05, 0.1) is 5.69 Å². The summed E-state index contributed by atoms with van der Waals surface area (Å²) in [5.74, 6) is 0.215. The van der Waals surface area contributed by atoms with Crippen molar-refractivity contribution >= 4 is 17.2 Å². The summed E-state index contributed by atoms with van der Waals surface area (Å²) in [6, 6.07) is 12.3. The lowest BCUT2D eigenvalue weighted by Gasteiger charge is -2.23. The highest BCUT2D eigenvalue weighted by atomic mass is 16.2. The van der Waals surface area contributed by atoms with E-state index < -0.39 is 0 Å². The molecule has 1 aromatic carbocycles. The molecule has 0 saturated carbocycles. The molecule has 25 heavy (non-hydrogen) atoms. The van der Waals surface area contributed by atoms with Crippen molar-refractivity contribution in [2.24, 2.45) is 5.41 Å². The van der Waals surface area contributed by atoms with Crippen LogP contribution in [0.1, 0.15) is 32.8 Å². The zero-order valence-corrected chi connectivity index (χ0v) is 15.0. The topological polar surface area (TPSA) is 37.6 Å². The third-order valence-electron chi connectivity index (χ3n) is 4.62. The standard InChI is InChI=1S/C21H23N3O/c1-21(2,3)13-20(25)24-11-9-16-12-15(7-8-18(16)24)17-14-23-10-5-4-6-19(23)22-17/h4-8,10,12,14H,9,11,13H2,1-3H3. The maximum absolute atomic E-state index is 12.6. The second kappa shape index (κ2) is 5.73. The summed E-state index contributed by atoms with van der Waals surface area (Å²) in [4.78, 5) is 19.2. The Labute approximate surface area is 148 Å². The Morgan fingerprint density at radius 1 is 1.20 bits per heavy atom. The van der Waals surface area contributed by atoms with Gasteiger partial charge in [-0.3, -0.25) is 4.79 Å². The number of fused-ring (bicyclic) bond motifs is 2. The number of nitrogens with zero attached hydrogens (tertiary/aromatic N) is 3. The number of aromatic nitrogens is 2. The Balaban J connectivity index is 1.64. The fourth-order valence-corrected chi connectivity index (χ4v) is 3.44. The molecule has 0 spiro atoms. The number of rotatable bonds is 2.